The molecule has 0 amide bonds. The lowest BCUT2D eigenvalue weighted by Crippen LogP contribution is -2.48. The molecule has 1 heterocycles. The maximum absolute atomic E-state index is 10.7. The van der Waals surface area contributed by atoms with Crippen LogP contribution in [0.2, 0.25) is 0 Å². The van der Waals surface area contributed by atoms with Crippen molar-refractivity contribution in [2.45, 2.75) is 45.6 Å². The number of nitro benzene ring substituents is 1. The Morgan fingerprint density at radius 1 is 1.30 bits per heavy atom. The fraction of sp³-hybridized carbons (Fsp3) is 0.381. The maximum atomic E-state index is 10.7. The molecule has 1 unspecified atom stereocenters. The summed E-state index contributed by atoms with van der Waals surface area (Å²) in [4.78, 5) is 12.7. The minimum absolute atomic E-state index is 0.0663. The van der Waals surface area contributed by atoms with E-state index < -0.39 is 4.92 Å². The topological polar surface area (TPSA) is 70.8 Å². The van der Waals surface area contributed by atoms with Crippen molar-refractivity contribution >= 4 is 23.3 Å². The molecule has 6 heteroatoms. The van der Waals surface area contributed by atoms with Gasteiger partial charge in [-0.3, -0.25) is 15.5 Å². The Hall–Kier alpha value is -2.89. The lowest BCUT2D eigenvalue weighted by Gasteiger charge is -2.47. The van der Waals surface area contributed by atoms with Crippen molar-refractivity contribution < 1.29 is 4.92 Å². The van der Waals surface area contributed by atoms with Gasteiger partial charge in [-0.15, -0.1) is 0 Å². The van der Waals surface area contributed by atoms with Crippen LogP contribution in [-0.2, 0) is 0 Å². The average Bonchev–Trinajstić information content (AvgIpc) is 2.62. The quantitative estimate of drug-likeness (QED) is 0.451. The molecule has 2 aromatic rings. The molecule has 0 spiro atoms. The molecular weight excluding hydrogens is 340 g/mol. The zero-order valence-corrected chi connectivity index (χ0v) is 16.3. The number of anilines is 2. The van der Waals surface area contributed by atoms with E-state index in [9.17, 15) is 10.1 Å². The van der Waals surface area contributed by atoms with Gasteiger partial charge < -0.3 is 4.90 Å². The largest absolute Gasteiger partial charge is 0.366 e. The van der Waals surface area contributed by atoms with E-state index in [1.807, 2.05) is 0 Å². The number of nitrogens with zero attached hydrogens (tertiary/aromatic N) is 3. The number of fused-ring (bicyclic) bond motifs is 1. The Balaban J connectivity index is 1.76. The SMILES string of the molecule is CCN1c2ccc(/C=N/Nc3ccc([N+](=O)[O-])cc3)cc2C(C)CC1(C)C. The summed E-state index contributed by atoms with van der Waals surface area (Å²) in [7, 11) is 0. The fourth-order valence-corrected chi connectivity index (χ4v) is 4.03. The highest BCUT2D eigenvalue weighted by Gasteiger charge is 2.35. The van der Waals surface area contributed by atoms with E-state index in [0.717, 1.165) is 18.5 Å². The van der Waals surface area contributed by atoms with Gasteiger partial charge in [0.05, 0.1) is 16.8 Å². The van der Waals surface area contributed by atoms with Gasteiger partial charge in [-0.05, 0) is 68.5 Å². The molecule has 0 radical (unpaired) electrons. The Morgan fingerprint density at radius 2 is 2.00 bits per heavy atom. The zero-order chi connectivity index (χ0) is 19.6. The van der Waals surface area contributed by atoms with Gasteiger partial charge in [0, 0.05) is 29.9 Å². The summed E-state index contributed by atoms with van der Waals surface area (Å²) in [6, 6.07) is 12.7. The van der Waals surface area contributed by atoms with Crippen LogP contribution in [0.15, 0.2) is 47.6 Å². The lowest BCUT2D eigenvalue weighted by molar-refractivity contribution is -0.384. The van der Waals surface area contributed by atoms with Crippen LogP contribution in [0.25, 0.3) is 0 Å². The Kier molecular flexibility index (Phi) is 5.17. The zero-order valence-electron chi connectivity index (χ0n) is 16.3. The summed E-state index contributed by atoms with van der Waals surface area (Å²) < 4.78 is 0. The minimum Gasteiger partial charge on any atom is -0.366 e. The number of hydrogen-bond acceptors (Lipinski definition) is 5. The molecule has 0 bridgehead atoms. The molecule has 1 aliphatic rings. The van der Waals surface area contributed by atoms with Gasteiger partial charge >= 0.3 is 0 Å². The predicted octanol–water partition coefficient (Wildman–Crippen LogP) is 5.15. The Bertz CT molecular complexity index is 859. The molecule has 1 aliphatic heterocycles. The van der Waals surface area contributed by atoms with Crippen molar-refractivity contribution in [1.82, 2.24) is 0 Å². The third-order valence-electron chi connectivity index (χ3n) is 5.21. The van der Waals surface area contributed by atoms with E-state index in [1.54, 1.807) is 18.3 Å². The van der Waals surface area contributed by atoms with Gasteiger partial charge in [-0.25, -0.2) is 0 Å². The first-order chi connectivity index (χ1) is 12.8. The summed E-state index contributed by atoms with van der Waals surface area (Å²) in [5.74, 6) is 0.494. The molecule has 142 valence electrons. The van der Waals surface area contributed by atoms with Gasteiger partial charge in [0.15, 0.2) is 0 Å². The highest BCUT2D eigenvalue weighted by atomic mass is 16.6. The van der Waals surface area contributed by atoms with E-state index >= 15 is 0 Å². The molecule has 1 atom stereocenters. The number of nitro groups is 1. The first kappa shape index (κ1) is 18.9. The van der Waals surface area contributed by atoms with Crippen molar-refractivity contribution in [3.63, 3.8) is 0 Å². The summed E-state index contributed by atoms with van der Waals surface area (Å²) in [5.41, 5.74) is 7.55. The molecule has 0 fully saturated rings. The second kappa shape index (κ2) is 7.39. The van der Waals surface area contributed by atoms with Crippen LogP contribution in [0.5, 0.6) is 0 Å². The number of hydrogen-bond donors (Lipinski definition) is 1. The molecule has 0 aromatic heterocycles. The number of hydrazone groups is 1. The van der Waals surface area contributed by atoms with Crippen LogP contribution >= 0.6 is 0 Å². The smallest absolute Gasteiger partial charge is 0.269 e. The summed E-state index contributed by atoms with van der Waals surface area (Å²) in [6.45, 7) is 10.1. The van der Waals surface area contributed by atoms with Crippen LogP contribution < -0.4 is 10.3 Å². The van der Waals surface area contributed by atoms with E-state index in [2.05, 4.69) is 61.3 Å². The summed E-state index contributed by atoms with van der Waals surface area (Å²) >= 11 is 0. The number of benzene rings is 2. The monoisotopic (exact) mass is 366 g/mol. The fourth-order valence-electron chi connectivity index (χ4n) is 4.03. The van der Waals surface area contributed by atoms with E-state index in [4.69, 9.17) is 0 Å². The highest BCUT2D eigenvalue weighted by Crippen LogP contribution is 2.43. The van der Waals surface area contributed by atoms with Gasteiger partial charge in [-0.1, -0.05) is 13.0 Å². The molecule has 6 nitrogen and oxygen atoms in total. The number of rotatable bonds is 5. The number of nitrogens with one attached hydrogen (secondary N) is 1. The third kappa shape index (κ3) is 3.94. The molecular formula is C21H26N4O2. The lowest BCUT2D eigenvalue weighted by atomic mass is 9.79. The number of non-ortho nitro benzene ring substituents is 1. The highest BCUT2D eigenvalue weighted by molar-refractivity contribution is 5.82. The molecule has 0 saturated heterocycles. The maximum Gasteiger partial charge on any atom is 0.269 e. The van der Waals surface area contributed by atoms with Gasteiger partial charge in [0.25, 0.3) is 5.69 Å². The van der Waals surface area contributed by atoms with Crippen molar-refractivity contribution in [2.75, 3.05) is 16.9 Å². The molecule has 0 saturated carbocycles. The van der Waals surface area contributed by atoms with Crippen LogP contribution in [0.4, 0.5) is 17.1 Å². The van der Waals surface area contributed by atoms with Crippen molar-refractivity contribution in [3.05, 3.63) is 63.7 Å². The van der Waals surface area contributed by atoms with Crippen LogP contribution in [0, 0.1) is 10.1 Å². The summed E-state index contributed by atoms with van der Waals surface area (Å²) in [5, 5.41) is 15.0. The summed E-state index contributed by atoms with van der Waals surface area (Å²) in [6.07, 6.45) is 2.90. The van der Waals surface area contributed by atoms with Gasteiger partial charge in [0.2, 0.25) is 0 Å². The third-order valence-corrected chi connectivity index (χ3v) is 5.21. The molecule has 0 aliphatic carbocycles. The Morgan fingerprint density at radius 3 is 2.63 bits per heavy atom. The first-order valence-corrected chi connectivity index (χ1v) is 9.27. The molecule has 1 N–H and O–H groups in total. The van der Waals surface area contributed by atoms with Crippen molar-refractivity contribution in [2.24, 2.45) is 5.10 Å². The molecule has 3 rings (SSSR count). The van der Waals surface area contributed by atoms with Crippen LogP contribution in [0.1, 0.15) is 51.2 Å². The second-order valence-electron chi connectivity index (χ2n) is 7.65. The van der Waals surface area contributed by atoms with Crippen LogP contribution in [-0.4, -0.2) is 23.2 Å². The van der Waals surface area contributed by atoms with Gasteiger partial charge in [0.1, 0.15) is 0 Å². The van der Waals surface area contributed by atoms with Crippen molar-refractivity contribution in [3.8, 4) is 0 Å². The average molecular weight is 366 g/mol. The van der Waals surface area contributed by atoms with Crippen LogP contribution in [0.3, 0.4) is 0 Å². The molecule has 27 heavy (non-hydrogen) atoms. The molecule has 2 aromatic carbocycles. The van der Waals surface area contributed by atoms with E-state index in [1.165, 1.54) is 23.4 Å². The minimum atomic E-state index is -0.414. The van der Waals surface area contributed by atoms with E-state index in [0.29, 0.717) is 11.6 Å². The predicted molar refractivity (Wildman–Crippen MR) is 111 cm³/mol. The Labute approximate surface area is 160 Å². The van der Waals surface area contributed by atoms with E-state index in [-0.39, 0.29) is 11.2 Å². The second-order valence-corrected chi connectivity index (χ2v) is 7.65. The van der Waals surface area contributed by atoms with Gasteiger partial charge in [-0.2, -0.15) is 5.10 Å². The van der Waals surface area contributed by atoms with Crippen molar-refractivity contribution in [1.29, 1.82) is 0 Å². The first-order valence-electron chi connectivity index (χ1n) is 9.27. The normalized spacial score (nSPS) is 18.4. The standard InChI is InChI=1S/C21H26N4O2/c1-5-24-20-11-6-16(12-19(20)15(2)13-21(24,3)4)14-22-23-17-7-9-18(10-8-17)25(26)27/h6-12,14-15,23H,5,13H2,1-4H3/b22-14+.